The third-order valence-electron chi connectivity index (χ3n) is 9.53. The first kappa shape index (κ1) is 31.1. The smallest absolute Gasteiger partial charge is 0.0462 e. The van der Waals surface area contributed by atoms with Crippen molar-refractivity contribution < 1.29 is 0 Å². The zero-order chi connectivity index (χ0) is 34.1. The van der Waals surface area contributed by atoms with Crippen molar-refractivity contribution in [2.45, 2.75) is 0 Å². The lowest BCUT2D eigenvalue weighted by Crippen LogP contribution is -2.09. The van der Waals surface area contributed by atoms with Crippen LogP contribution in [0.4, 0.5) is 28.4 Å². The molecule has 0 unspecified atom stereocenters. The average Bonchev–Trinajstić information content (AvgIpc) is 3.84. The highest BCUT2D eigenvalue weighted by molar-refractivity contribution is 7.22. The summed E-state index contributed by atoms with van der Waals surface area (Å²) in [5.41, 5.74) is 10.6. The quantitative estimate of drug-likeness (QED) is 0.157. The van der Waals surface area contributed by atoms with Crippen LogP contribution in [-0.2, 0) is 0 Å². The monoisotopic (exact) mass is 690 g/mol. The van der Waals surface area contributed by atoms with Crippen LogP contribution in [0.1, 0.15) is 0 Å². The topological polar surface area (TPSA) is 6.48 Å². The Labute approximate surface area is 306 Å². The molecule has 4 heteroatoms. The van der Waals surface area contributed by atoms with Crippen molar-refractivity contribution >= 4 is 71.3 Å². The van der Waals surface area contributed by atoms with E-state index in [1.807, 2.05) is 22.7 Å². The predicted octanol–water partition coefficient (Wildman–Crippen LogP) is 14.4. The Bertz CT molecular complexity index is 2500. The van der Waals surface area contributed by atoms with Crippen LogP contribution >= 0.6 is 22.7 Å². The van der Waals surface area contributed by atoms with Crippen molar-refractivity contribution in [1.82, 2.24) is 0 Å². The lowest BCUT2D eigenvalue weighted by Gasteiger charge is -2.26. The van der Waals surface area contributed by atoms with Gasteiger partial charge in [-0.15, -0.1) is 22.7 Å². The van der Waals surface area contributed by atoms with Crippen molar-refractivity contribution in [3.63, 3.8) is 0 Å². The number of hydrogen-bond acceptors (Lipinski definition) is 4. The Balaban J connectivity index is 0.935. The molecule has 0 spiro atoms. The van der Waals surface area contributed by atoms with E-state index in [1.54, 1.807) is 0 Å². The molecule has 9 rings (SSSR count). The summed E-state index contributed by atoms with van der Waals surface area (Å²) in [6, 6.07) is 67.9. The van der Waals surface area contributed by atoms with Gasteiger partial charge in [0.05, 0.1) is 0 Å². The minimum atomic E-state index is 1.12. The van der Waals surface area contributed by atoms with E-state index in [0.717, 1.165) is 28.4 Å². The summed E-state index contributed by atoms with van der Waals surface area (Å²) in [6.07, 6.45) is 0. The summed E-state index contributed by atoms with van der Waals surface area (Å²) in [5, 5.41) is 2.60. The van der Waals surface area contributed by atoms with Crippen LogP contribution in [0.15, 0.2) is 188 Å². The highest BCUT2D eigenvalue weighted by Gasteiger charge is 2.14. The van der Waals surface area contributed by atoms with Gasteiger partial charge in [-0.3, -0.25) is 0 Å². The lowest BCUT2D eigenvalue weighted by molar-refractivity contribution is 1.21. The Morgan fingerprint density at radius 3 is 1.12 bits per heavy atom. The fourth-order valence-corrected chi connectivity index (χ4v) is 8.86. The Morgan fingerprint density at radius 1 is 0.333 bits per heavy atom. The maximum Gasteiger partial charge on any atom is 0.0462 e. The number of para-hydroxylation sites is 1. The molecule has 0 radical (unpaired) electrons. The molecule has 0 saturated heterocycles. The molecule has 2 heterocycles. The largest absolute Gasteiger partial charge is 0.345 e. The summed E-state index contributed by atoms with van der Waals surface area (Å²) in [4.78, 5) is 7.15. The number of rotatable bonds is 8. The van der Waals surface area contributed by atoms with Gasteiger partial charge in [0.2, 0.25) is 0 Å². The van der Waals surface area contributed by atoms with Crippen LogP contribution in [0.25, 0.3) is 52.2 Å². The first-order chi connectivity index (χ1) is 25.2. The SMILES string of the molecule is CN(c1ccc(-c2ccc(N(c3ccccc3)c3ccc(-c4cc5ccccc5s4)cc3)cc2)cc1)c1ccc(-c2cc3ccccc3s2)cc1. The first-order valence-corrected chi connectivity index (χ1v) is 18.8. The van der Waals surface area contributed by atoms with E-state index >= 15 is 0 Å². The molecule has 0 bridgehead atoms. The second-order valence-electron chi connectivity index (χ2n) is 12.7. The molecule has 0 aliphatic rings. The van der Waals surface area contributed by atoms with Crippen molar-refractivity contribution in [3.05, 3.63) is 188 Å². The van der Waals surface area contributed by atoms with Gasteiger partial charge in [-0.25, -0.2) is 0 Å². The van der Waals surface area contributed by atoms with Crippen LogP contribution in [0.3, 0.4) is 0 Å². The Morgan fingerprint density at radius 2 is 0.686 bits per heavy atom. The van der Waals surface area contributed by atoms with Crippen LogP contribution in [-0.4, -0.2) is 7.05 Å². The minimum Gasteiger partial charge on any atom is -0.345 e. The molecule has 7 aromatic carbocycles. The summed E-state index contributed by atoms with van der Waals surface area (Å²) in [6.45, 7) is 0. The molecule has 51 heavy (non-hydrogen) atoms. The predicted molar refractivity (Wildman–Crippen MR) is 223 cm³/mol. The van der Waals surface area contributed by atoms with Gasteiger partial charge >= 0.3 is 0 Å². The number of fused-ring (bicyclic) bond motifs is 2. The van der Waals surface area contributed by atoms with Gasteiger partial charge in [-0.2, -0.15) is 0 Å². The highest BCUT2D eigenvalue weighted by atomic mass is 32.1. The van der Waals surface area contributed by atoms with Crippen LogP contribution < -0.4 is 9.80 Å². The van der Waals surface area contributed by atoms with E-state index in [-0.39, 0.29) is 0 Å². The molecule has 2 nitrogen and oxygen atoms in total. The second kappa shape index (κ2) is 13.4. The van der Waals surface area contributed by atoms with Gasteiger partial charge in [-0.1, -0.05) is 103 Å². The number of hydrogen-bond donors (Lipinski definition) is 0. The third-order valence-corrected chi connectivity index (χ3v) is 11.9. The summed E-state index contributed by atoms with van der Waals surface area (Å²) < 4.78 is 2.64. The van der Waals surface area contributed by atoms with Gasteiger partial charge in [-0.05, 0) is 118 Å². The second-order valence-corrected chi connectivity index (χ2v) is 14.9. The minimum absolute atomic E-state index is 1.12. The van der Waals surface area contributed by atoms with Crippen LogP contribution in [0, 0.1) is 0 Å². The Kier molecular flexibility index (Phi) is 8.17. The van der Waals surface area contributed by atoms with Crippen molar-refractivity contribution in [1.29, 1.82) is 0 Å². The summed E-state index contributed by atoms with van der Waals surface area (Å²) in [7, 11) is 2.13. The van der Waals surface area contributed by atoms with Gasteiger partial charge in [0.15, 0.2) is 0 Å². The molecule has 9 aromatic rings. The third kappa shape index (κ3) is 6.21. The van der Waals surface area contributed by atoms with Crippen LogP contribution in [0.2, 0.25) is 0 Å². The number of benzene rings is 7. The molecule has 0 fully saturated rings. The zero-order valence-electron chi connectivity index (χ0n) is 28.1. The van der Waals surface area contributed by atoms with E-state index in [2.05, 4.69) is 205 Å². The molecule has 0 amide bonds. The van der Waals surface area contributed by atoms with Crippen molar-refractivity contribution in [3.8, 4) is 32.0 Å². The van der Waals surface area contributed by atoms with E-state index < -0.39 is 0 Å². The molecular weight excluding hydrogens is 657 g/mol. The van der Waals surface area contributed by atoms with Gasteiger partial charge in [0.1, 0.15) is 0 Å². The first-order valence-electron chi connectivity index (χ1n) is 17.1. The maximum absolute atomic E-state index is 2.32. The normalized spacial score (nSPS) is 11.2. The van der Waals surface area contributed by atoms with Crippen LogP contribution in [0.5, 0.6) is 0 Å². The molecule has 0 atom stereocenters. The van der Waals surface area contributed by atoms with E-state index in [9.17, 15) is 0 Å². The van der Waals surface area contributed by atoms with E-state index in [0.29, 0.717) is 0 Å². The standard InChI is InChI=1S/C47H34N2S2/c1-48(40-25-19-35(20-26-40)46-31-37-9-5-7-13-44(37)50-46)39-23-15-33(16-24-39)34-17-27-42(28-18-34)49(41-11-3-2-4-12-41)43-29-21-36(22-30-43)47-32-38-10-6-8-14-45(38)51-47/h2-32H,1H3. The lowest BCUT2D eigenvalue weighted by atomic mass is 10.0. The number of thiophene rings is 2. The molecule has 2 aromatic heterocycles. The van der Waals surface area contributed by atoms with Gasteiger partial charge < -0.3 is 9.80 Å². The molecule has 0 N–H and O–H groups in total. The maximum atomic E-state index is 2.32. The molecule has 0 aliphatic carbocycles. The molecule has 244 valence electrons. The fourth-order valence-electron chi connectivity index (χ4n) is 6.73. The van der Waals surface area contributed by atoms with E-state index in [4.69, 9.17) is 0 Å². The van der Waals surface area contributed by atoms with Crippen molar-refractivity contribution in [2.75, 3.05) is 16.8 Å². The average molecular weight is 691 g/mol. The highest BCUT2D eigenvalue weighted by Crippen LogP contribution is 2.39. The molecular formula is C47H34N2S2. The van der Waals surface area contributed by atoms with Crippen molar-refractivity contribution in [2.24, 2.45) is 0 Å². The zero-order valence-corrected chi connectivity index (χ0v) is 29.7. The number of nitrogens with zero attached hydrogens (tertiary/aromatic N) is 2. The number of anilines is 5. The molecule has 0 aliphatic heterocycles. The Hall–Kier alpha value is -5.94. The summed E-state index contributed by atoms with van der Waals surface area (Å²) >= 11 is 3.69. The molecule has 0 saturated carbocycles. The van der Waals surface area contributed by atoms with Gasteiger partial charge in [0, 0.05) is 54.6 Å². The fraction of sp³-hybridized carbons (Fsp3) is 0.0213. The van der Waals surface area contributed by atoms with E-state index in [1.165, 1.54) is 52.2 Å². The van der Waals surface area contributed by atoms with Gasteiger partial charge in [0.25, 0.3) is 0 Å². The summed E-state index contributed by atoms with van der Waals surface area (Å²) in [5.74, 6) is 0.